The highest BCUT2D eigenvalue weighted by molar-refractivity contribution is 6.31. The van der Waals surface area contributed by atoms with Gasteiger partial charge in [0, 0.05) is 34.1 Å². The number of hydrogen-bond acceptors (Lipinski definition) is 3. The molecule has 0 radical (unpaired) electrons. The van der Waals surface area contributed by atoms with Gasteiger partial charge in [0.1, 0.15) is 0 Å². The molecule has 6 heteroatoms. The van der Waals surface area contributed by atoms with E-state index in [0.717, 1.165) is 50.7 Å². The summed E-state index contributed by atoms with van der Waals surface area (Å²) < 4.78 is 0. The summed E-state index contributed by atoms with van der Waals surface area (Å²) in [6.07, 6.45) is 0. The lowest BCUT2D eigenvalue weighted by molar-refractivity contribution is 0.455. The number of nitrogens with zero attached hydrogens (tertiary/aromatic N) is 2. The van der Waals surface area contributed by atoms with E-state index in [1.165, 1.54) is 11.1 Å². The average molecular weight is 461 g/mol. The van der Waals surface area contributed by atoms with Crippen molar-refractivity contribution in [1.82, 2.24) is 5.53 Å². The average Bonchev–Trinajstić information content (AvgIpc) is 2.67. The van der Waals surface area contributed by atoms with Gasteiger partial charge in [-0.3, -0.25) is 10.0 Å². The molecule has 1 N–H and O–H groups in total. The Bertz CT molecular complexity index is 941. The van der Waals surface area contributed by atoms with Gasteiger partial charge in [-0.05, 0) is 91.6 Å². The van der Waals surface area contributed by atoms with Gasteiger partial charge < -0.3 is 0 Å². The maximum atomic E-state index is 6.22. The quantitative estimate of drug-likeness (QED) is 0.449. The van der Waals surface area contributed by atoms with Gasteiger partial charge in [0.25, 0.3) is 0 Å². The third-order valence-electron chi connectivity index (χ3n) is 5.62. The molecule has 0 aromatic heterocycles. The summed E-state index contributed by atoms with van der Waals surface area (Å²) in [5.74, 6) is 0.286. The molecular formula is C24H24Cl3N3. The van der Waals surface area contributed by atoms with E-state index in [4.69, 9.17) is 34.8 Å². The summed E-state index contributed by atoms with van der Waals surface area (Å²) in [5.41, 5.74) is 10.5. The zero-order chi connectivity index (χ0) is 21.4. The van der Waals surface area contributed by atoms with E-state index >= 15 is 0 Å². The van der Waals surface area contributed by atoms with Gasteiger partial charge in [-0.25, -0.2) is 0 Å². The second kappa shape index (κ2) is 8.68. The molecule has 3 aromatic carbocycles. The van der Waals surface area contributed by atoms with Crippen LogP contribution in [0.25, 0.3) is 0 Å². The second-order valence-corrected chi connectivity index (χ2v) is 9.19. The number of benzene rings is 3. The topological polar surface area (TPSA) is 18.5 Å². The van der Waals surface area contributed by atoms with E-state index < -0.39 is 0 Å². The second-order valence-electron chi connectivity index (χ2n) is 7.88. The monoisotopic (exact) mass is 459 g/mol. The van der Waals surface area contributed by atoms with Crippen LogP contribution in [0.2, 0.25) is 15.1 Å². The molecular weight excluding hydrogens is 437 g/mol. The fourth-order valence-electron chi connectivity index (χ4n) is 4.17. The number of anilines is 2. The molecule has 0 bridgehead atoms. The highest BCUT2D eigenvalue weighted by atomic mass is 35.5. The molecule has 1 fully saturated rings. The Kier molecular flexibility index (Phi) is 6.17. The van der Waals surface area contributed by atoms with Crippen molar-refractivity contribution in [3.05, 3.63) is 91.9 Å². The van der Waals surface area contributed by atoms with E-state index in [9.17, 15) is 0 Å². The number of nitrogens with one attached hydrogen (secondary N) is 1. The van der Waals surface area contributed by atoms with Crippen LogP contribution in [0, 0.1) is 20.8 Å². The Morgan fingerprint density at radius 2 is 1.10 bits per heavy atom. The predicted molar refractivity (Wildman–Crippen MR) is 129 cm³/mol. The molecule has 0 saturated carbocycles. The van der Waals surface area contributed by atoms with Crippen molar-refractivity contribution in [3.8, 4) is 0 Å². The fourth-order valence-corrected chi connectivity index (χ4v) is 4.85. The van der Waals surface area contributed by atoms with Gasteiger partial charge in [-0.1, -0.05) is 40.9 Å². The van der Waals surface area contributed by atoms with Crippen LogP contribution in [-0.2, 0) is 0 Å². The summed E-state index contributed by atoms with van der Waals surface area (Å²) in [4.78, 5) is 0. The zero-order valence-corrected chi connectivity index (χ0v) is 19.5. The number of hydrazine groups is 2. The fraction of sp³-hybridized carbons (Fsp3) is 0.250. The minimum atomic E-state index is 0.286. The van der Waals surface area contributed by atoms with E-state index in [-0.39, 0.29) is 5.92 Å². The van der Waals surface area contributed by atoms with Crippen LogP contribution in [-0.4, -0.2) is 13.1 Å². The minimum Gasteiger partial charge on any atom is -0.290 e. The third kappa shape index (κ3) is 4.40. The lowest BCUT2D eigenvalue weighted by Crippen LogP contribution is -2.59. The lowest BCUT2D eigenvalue weighted by atomic mass is 9.93. The van der Waals surface area contributed by atoms with Crippen LogP contribution in [0.3, 0.4) is 0 Å². The molecule has 1 aliphatic rings. The molecule has 0 unspecified atom stereocenters. The number of aryl methyl sites for hydroxylation is 3. The molecule has 0 spiro atoms. The maximum absolute atomic E-state index is 6.22. The number of hydrogen-bond donors (Lipinski definition) is 1. The largest absolute Gasteiger partial charge is 0.290 e. The molecule has 30 heavy (non-hydrogen) atoms. The molecule has 1 saturated heterocycles. The number of rotatable bonds is 3. The minimum absolute atomic E-state index is 0.286. The van der Waals surface area contributed by atoms with Crippen LogP contribution >= 0.6 is 34.8 Å². The highest BCUT2D eigenvalue weighted by Gasteiger charge is 2.29. The van der Waals surface area contributed by atoms with E-state index in [2.05, 4.69) is 54.5 Å². The lowest BCUT2D eigenvalue weighted by Gasteiger charge is -2.44. The van der Waals surface area contributed by atoms with Crippen molar-refractivity contribution in [2.24, 2.45) is 0 Å². The summed E-state index contributed by atoms with van der Waals surface area (Å²) >= 11 is 18.6. The molecule has 0 amide bonds. The first-order valence-electron chi connectivity index (χ1n) is 9.91. The van der Waals surface area contributed by atoms with Gasteiger partial charge in [0.2, 0.25) is 0 Å². The predicted octanol–water partition coefficient (Wildman–Crippen LogP) is 7.10. The first kappa shape index (κ1) is 21.3. The molecule has 1 heterocycles. The molecule has 0 atom stereocenters. The van der Waals surface area contributed by atoms with Crippen LogP contribution in [0.1, 0.15) is 28.2 Å². The van der Waals surface area contributed by atoms with E-state index in [1.54, 1.807) is 0 Å². The molecule has 4 rings (SSSR count). The smallest absolute Gasteiger partial charge is 0.0567 e. The van der Waals surface area contributed by atoms with Crippen molar-refractivity contribution >= 4 is 46.2 Å². The van der Waals surface area contributed by atoms with Crippen molar-refractivity contribution in [3.63, 3.8) is 0 Å². The van der Waals surface area contributed by atoms with Gasteiger partial charge in [0.05, 0.1) is 11.4 Å². The van der Waals surface area contributed by atoms with Crippen molar-refractivity contribution < 1.29 is 0 Å². The molecule has 156 valence electrons. The van der Waals surface area contributed by atoms with Crippen molar-refractivity contribution in [2.75, 3.05) is 23.1 Å². The Morgan fingerprint density at radius 1 is 0.667 bits per heavy atom. The number of halogens is 3. The van der Waals surface area contributed by atoms with Crippen LogP contribution in [0.4, 0.5) is 11.4 Å². The standard InChI is InChI=1S/C24H24Cl3N3/c1-15-10-19(25)4-7-22(15)18-13-29(23-8-5-20(26)11-16(23)2)28-30(14-18)24-9-6-21(27)12-17(24)3/h4-12,18,28H,13-14H2,1-3H3. The Balaban J connectivity index is 1.75. The van der Waals surface area contributed by atoms with Gasteiger partial charge in [-0.2, -0.15) is 0 Å². The molecule has 3 nitrogen and oxygen atoms in total. The zero-order valence-electron chi connectivity index (χ0n) is 17.2. The van der Waals surface area contributed by atoms with E-state index in [0.29, 0.717) is 0 Å². The molecule has 3 aromatic rings. The summed E-state index contributed by atoms with van der Waals surface area (Å²) in [5, 5.41) is 6.64. The Labute approximate surface area is 193 Å². The Hall–Kier alpha value is -1.91. The summed E-state index contributed by atoms with van der Waals surface area (Å²) in [7, 11) is 0. The van der Waals surface area contributed by atoms with Crippen molar-refractivity contribution in [2.45, 2.75) is 26.7 Å². The first-order chi connectivity index (χ1) is 14.3. The highest BCUT2D eigenvalue weighted by Crippen LogP contribution is 2.33. The Morgan fingerprint density at radius 3 is 1.53 bits per heavy atom. The SMILES string of the molecule is Cc1cc(Cl)ccc1C1CN(c2ccc(Cl)cc2C)NN(c2ccc(Cl)cc2C)C1. The van der Waals surface area contributed by atoms with Crippen LogP contribution in [0.15, 0.2) is 54.6 Å². The molecule has 1 aliphatic heterocycles. The van der Waals surface area contributed by atoms with Crippen LogP contribution < -0.4 is 15.6 Å². The molecule has 0 aliphatic carbocycles. The maximum Gasteiger partial charge on any atom is 0.0567 e. The van der Waals surface area contributed by atoms with Gasteiger partial charge in [-0.15, -0.1) is 5.53 Å². The summed E-state index contributed by atoms with van der Waals surface area (Å²) in [6, 6.07) is 18.1. The van der Waals surface area contributed by atoms with Gasteiger partial charge in [0.15, 0.2) is 0 Å². The van der Waals surface area contributed by atoms with E-state index in [1.807, 2.05) is 36.4 Å². The summed E-state index contributed by atoms with van der Waals surface area (Å²) in [6.45, 7) is 7.94. The van der Waals surface area contributed by atoms with Crippen LogP contribution in [0.5, 0.6) is 0 Å². The first-order valence-corrected chi connectivity index (χ1v) is 11.0. The van der Waals surface area contributed by atoms with Crippen molar-refractivity contribution in [1.29, 1.82) is 0 Å². The normalized spacial score (nSPS) is 15.0. The third-order valence-corrected chi connectivity index (χ3v) is 6.32. The van der Waals surface area contributed by atoms with Gasteiger partial charge >= 0.3 is 0 Å².